The molecule has 0 bridgehead atoms. The SMILES string of the molecule is CCc1nc(N)cc(N(CCOC)C(C)COC)n1. The minimum atomic E-state index is 0.194. The molecular weight excluding hydrogens is 244 g/mol. The smallest absolute Gasteiger partial charge is 0.134 e. The molecule has 0 spiro atoms. The molecule has 0 aromatic carbocycles. The van der Waals surface area contributed by atoms with Gasteiger partial charge in [0.15, 0.2) is 0 Å². The summed E-state index contributed by atoms with van der Waals surface area (Å²) in [6.07, 6.45) is 0.759. The summed E-state index contributed by atoms with van der Waals surface area (Å²) in [5, 5.41) is 0. The van der Waals surface area contributed by atoms with Gasteiger partial charge in [-0.1, -0.05) is 6.92 Å². The van der Waals surface area contributed by atoms with Crippen LogP contribution in [0.4, 0.5) is 11.6 Å². The second kappa shape index (κ2) is 7.91. The van der Waals surface area contributed by atoms with Crippen LogP contribution >= 0.6 is 0 Å². The van der Waals surface area contributed by atoms with Crippen molar-refractivity contribution in [1.82, 2.24) is 9.97 Å². The van der Waals surface area contributed by atoms with Crippen LogP contribution in [-0.4, -0.2) is 50.0 Å². The first-order valence-electron chi connectivity index (χ1n) is 6.50. The van der Waals surface area contributed by atoms with E-state index in [1.54, 1.807) is 20.3 Å². The molecule has 0 saturated heterocycles. The number of nitrogens with zero attached hydrogens (tertiary/aromatic N) is 3. The van der Waals surface area contributed by atoms with E-state index in [4.69, 9.17) is 15.2 Å². The molecule has 108 valence electrons. The van der Waals surface area contributed by atoms with Crippen molar-refractivity contribution in [2.45, 2.75) is 26.3 Å². The standard InChI is InChI=1S/C13H24N4O2/c1-5-12-15-11(14)8-13(16-12)17(6-7-18-3)10(2)9-19-4/h8,10H,5-7,9H2,1-4H3,(H2,14,15,16). The van der Waals surface area contributed by atoms with Gasteiger partial charge in [0, 0.05) is 33.3 Å². The first kappa shape index (κ1) is 15.7. The Hall–Kier alpha value is -1.40. The predicted octanol–water partition coefficient (Wildman–Crippen LogP) is 1.11. The molecule has 0 aliphatic carbocycles. The predicted molar refractivity (Wildman–Crippen MR) is 76.4 cm³/mol. The molecular formula is C13H24N4O2. The largest absolute Gasteiger partial charge is 0.384 e. The number of rotatable bonds is 8. The summed E-state index contributed by atoms with van der Waals surface area (Å²) in [5.74, 6) is 2.07. The van der Waals surface area contributed by atoms with E-state index >= 15 is 0 Å². The van der Waals surface area contributed by atoms with Crippen LogP contribution in [0.2, 0.25) is 0 Å². The molecule has 1 heterocycles. The fraction of sp³-hybridized carbons (Fsp3) is 0.692. The fourth-order valence-electron chi connectivity index (χ4n) is 1.89. The highest BCUT2D eigenvalue weighted by atomic mass is 16.5. The van der Waals surface area contributed by atoms with Gasteiger partial charge >= 0.3 is 0 Å². The number of anilines is 2. The number of hydrogen-bond donors (Lipinski definition) is 1. The molecule has 0 saturated carbocycles. The van der Waals surface area contributed by atoms with Gasteiger partial charge in [0.1, 0.15) is 17.5 Å². The second-order valence-corrected chi connectivity index (χ2v) is 4.41. The Labute approximate surface area is 114 Å². The van der Waals surface area contributed by atoms with Crippen LogP contribution in [0.3, 0.4) is 0 Å². The third-order valence-corrected chi connectivity index (χ3v) is 2.87. The zero-order chi connectivity index (χ0) is 14.3. The first-order chi connectivity index (χ1) is 9.12. The van der Waals surface area contributed by atoms with Crippen LogP contribution in [0, 0.1) is 0 Å². The monoisotopic (exact) mass is 268 g/mol. The van der Waals surface area contributed by atoms with Gasteiger partial charge in [-0.2, -0.15) is 0 Å². The Bertz CT molecular complexity index is 387. The molecule has 1 aromatic heterocycles. The lowest BCUT2D eigenvalue weighted by Gasteiger charge is -2.30. The molecule has 0 radical (unpaired) electrons. The summed E-state index contributed by atoms with van der Waals surface area (Å²) in [6.45, 7) is 6.08. The van der Waals surface area contributed by atoms with E-state index in [9.17, 15) is 0 Å². The molecule has 0 fully saturated rings. The van der Waals surface area contributed by atoms with Gasteiger partial charge in [-0.3, -0.25) is 0 Å². The summed E-state index contributed by atoms with van der Waals surface area (Å²) >= 11 is 0. The normalized spacial score (nSPS) is 12.4. The second-order valence-electron chi connectivity index (χ2n) is 4.41. The zero-order valence-electron chi connectivity index (χ0n) is 12.2. The lowest BCUT2D eigenvalue weighted by molar-refractivity contribution is 0.170. The molecule has 0 aliphatic heterocycles. The van der Waals surface area contributed by atoms with Gasteiger partial charge in [-0.25, -0.2) is 9.97 Å². The number of nitrogen functional groups attached to an aromatic ring is 1. The minimum Gasteiger partial charge on any atom is -0.384 e. The van der Waals surface area contributed by atoms with Crippen molar-refractivity contribution in [1.29, 1.82) is 0 Å². The number of aryl methyl sites for hydroxylation is 1. The van der Waals surface area contributed by atoms with E-state index in [1.165, 1.54) is 0 Å². The lowest BCUT2D eigenvalue weighted by Crippen LogP contribution is -2.39. The molecule has 1 aromatic rings. The average molecular weight is 268 g/mol. The highest BCUT2D eigenvalue weighted by molar-refractivity contribution is 5.47. The van der Waals surface area contributed by atoms with Gasteiger partial charge < -0.3 is 20.1 Å². The van der Waals surface area contributed by atoms with Crippen molar-refractivity contribution >= 4 is 11.6 Å². The maximum atomic E-state index is 5.84. The van der Waals surface area contributed by atoms with Gasteiger partial charge in [0.05, 0.1) is 19.3 Å². The topological polar surface area (TPSA) is 73.5 Å². The Morgan fingerprint density at radius 2 is 2.05 bits per heavy atom. The van der Waals surface area contributed by atoms with Gasteiger partial charge in [0.25, 0.3) is 0 Å². The lowest BCUT2D eigenvalue weighted by atomic mass is 10.3. The Morgan fingerprint density at radius 3 is 2.63 bits per heavy atom. The molecule has 6 heteroatoms. The van der Waals surface area contributed by atoms with Crippen molar-refractivity contribution in [2.75, 3.05) is 44.6 Å². The van der Waals surface area contributed by atoms with Crippen LogP contribution in [0.1, 0.15) is 19.7 Å². The van der Waals surface area contributed by atoms with E-state index in [0.29, 0.717) is 19.0 Å². The van der Waals surface area contributed by atoms with Crippen molar-refractivity contribution in [3.8, 4) is 0 Å². The summed E-state index contributed by atoms with van der Waals surface area (Å²) in [5.41, 5.74) is 5.84. The van der Waals surface area contributed by atoms with Gasteiger partial charge in [-0.05, 0) is 6.92 Å². The molecule has 1 atom stereocenters. The number of ether oxygens (including phenoxy) is 2. The number of methoxy groups -OCH3 is 2. The van der Waals surface area contributed by atoms with E-state index < -0.39 is 0 Å². The quantitative estimate of drug-likeness (QED) is 0.761. The third kappa shape index (κ3) is 4.65. The van der Waals surface area contributed by atoms with Crippen LogP contribution in [-0.2, 0) is 15.9 Å². The number of aromatic nitrogens is 2. The average Bonchev–Trinajstić information content (AvgIpc) is 2.39. The molecule has 2 N–H and O–H groups in total. The van der Waals surface area contributed by atoms with Gasteiger partial charge in [0.2, 0.25) is 0 Å². The van der Waals surface area contributed by atoms with Crippen LogP contribution in [0.25, 0.3) is 0 Å². The Kier molecular flexibility index (Phi) is 6.52. The summed E-state index contributed by atoms with van der Waals surface area (Å²) in [4.78, 5) is 10.9. The van der Waals surface area contributed by atoms with Crippen molar-refractivity contribution < 1.29 is 9.47 Å². The van der Waals surface area contributed by atoms with Crippen molar-refractivity contribution in [3.63, 3.8) is 0 Å². The van der Waals surface area contributed by atoms with Crippen LogP contribution in [0.15, 0.2) is 6.07 Å². The third-order valence-electron chi connectivity index (χ3n) is 2.87. The van der Waals surface area contributed by atoms with Crippen LogP contribution < -0.4 is 10.6 Å². The first-order valence-corrected chi connectivity index (χ1v) is 6.50. The number of hydrogen-bond acceptors (Lipinski definition) is 6. The molecule has 19 heavy (non-hydrogen) atoms. The Morgan fingerprint density at radius 1 is 1.32 bits per heavy atom. The highest BCUT2D eigenvalue weighted by Crippen LogP contribution is 2.17. The molecule has 0 amide bonds. The zero-order valence-corrected chi connectivity index (χ0v) is 12.2. The summed E-state index contributed by atoms with van der Waals surface area (Å²) < 4.78 is 10.4. The summed E-state index contributed by atoms with van der Waals surface area (Å²) in [6, 6.07) is 1.99. The highest BCUT2D eigenvalue weighted by Gasteiger charge is 2.17. The van der Waals surface area contributed by atoms with Crippen LogP contribution in [0.5, 0.6) is 0 Å². The molecule has 1 rings (SSSR count). The van der Waals surface area contributed by atoms with Crippen molar-refractivity contribution in [3.05, 3.63) is 11.9 Å². The van der Waals surface area contributed by atoms with Crippen molar-refractivity contribution in [2.24, 2.45) is 0 Å². The molecule has 0 aliphatic rings. The maximum absolute atomic E-state index is 5.84. The van der Waals surface area contributed by atoms with E-state index in [2.05, 4.69) is 21.8 Å². The minimum absolute atomic E-state index is 0.194. The molecule has 6 nitrogen and oxygen atoms in total. The fourth-order valence-corrected chi connectivity index (χ4v) is 1.89. The van der Waals surface area contributed by atoms with E-state index in [0.717, 1.165) is 24.6 Å². The Balaban J connectivity index is 2.97. The van der Waals surface area contributed by atoms with E-state index in [-0.39, 0.29) is 6.04 Å². The number of nitrogens with two attached hydrogens (primary N) is 1. The summed E-state index contributed by atoms with van der Waals surface area (Å²) in [7, 11) is 3.38. The maximum Gasteiger partial charge on any atom is 0.134 e. The molecule has 1 unspecified atom stereocenters. The van der Waals surface area contributed by atoms with E-state index in [1.807, 2.05) is 6.92 Å². The van der Waals surface area contributed by atoms with Gasteiger partial charge in [-0.15, -0.1) is 0 Å².